The van der Waals surface area contributed by atoms with Gasteiger partial charge in [-0.15, -0.1) is 0 Å². The predicted octanol–water partition coefficient (Wildman–Crippen LogP) is 0.934. The molecule has 1 aliphatic rings. The second-order valence-corrected chi connectivity index (χ2v) is 5.48. The molecule has 2 atom stereocenters. The van der Waals surface area contributed by atoms with E-state index in [9.17, 15) is 9.59 Å². The molecule has 2 N–H and O–H groups in total. The Morgan fingerprint density at radius 2 is 2.23 bits per heavy atom. The van der Waals surface area contributed by atoms with Gasteiger partial charge in [0, 0.05) is 13.1 Å². The molecule has 120 valence electrons. The fourth-order valence-electron chi connectivity index (χ4n) is 2.50. The van der Waals surface area contributed by atoms with Crippen LogP contribution in [0.1, 0.15) is 18.9 Å². The average molecular weight is 306 g/mol. The number of primary amides is 1. The van der Waals surface area contributed by atoms with E-state index < -0.39 is 6.10 Å². The number of likely N-dealkylation sites (tertiary alicyclic amines) is 1. The van der Waals surface area contributed by atoms with Crippen LogP contribution in [0.2, 0.25) is 0 Å². The van der Waals surface area contributed by atoms with Gasteiger partial charge in [0.05, 0.1) is 19.6 Å². The third-order valence-corrected chi connectivity index (χ3v) is 3.88. The van der Waals surface area contributed by atoms with E-state index in [0.717, 1.165) is 11.3 Å². The standard InChI is InChI=1S/C16H22N2O4/c1-11(16(20)18-7-6-13(9-18)15(17)19)22-10-12-4-3-5-14(8-12)21-2/h3-5,8,11,13H,6-7,9-10H2,1-2H3,(H2,17,19)/t11-,13-/m0/s1. The molecule has 1 fully saturated rings. The van der Waals surface area contributed by atoms with Crippen molar-refractivity contribution >= 4 is 11.8 Å². The first-order valence-corrected chi connectivity index (χ1v) is 7.34. The lowest BCUT2D eigenvalue weighted by Crippen LogP contribution is -2.38. The molecule has 1 aromatic carbocycles. The van der Waals surface area contributed by atoms with Crippen LogP contribution >= 0.6 is 0 Å². The van der Waals surface area contributed by atoms with E-state index in [-0.39, 0.29) is 17.7 Å². The van der Waals surface area contributed by atoms with Crippen LogP contribution in [0.3, 0.4) is 0 Å². The van der Waals surface area contributed by atoms with E-state index >= 15 is 0 Å². The Labute approximate surface area is 130 Å². The summed E-state index contributed by atoms with van der Waals surface area (Å²) in [6, 6.07) is 7.52. The van der Waals surface area contributed by atoms with Crippen molar-refractivity contribution in [1.29, 1.82) is 0 Å². The van der Waals surface area contributed by atoms with Gasteiger partial charge in [-0.05, 0) is 31.0 Å². The van der Waals surface area contributed by atoms with Crippen molar-refractivity contribution in [2.24, 2.45) is 11.7 Å². The van der Waals surface area contributed by atoms with Crippen LogP contribution < -0.4 is 10.5 Å². The van der Waals surface area contributed by atoms with Crippen molar-refractivity contribution in [3.8, 4) is 5.75 Å². The minimum atomic E-state index is -0.558. The van der Waals surface area contributed by atoms with Gasteiger partial charge in [0.1, 0.15) is 11.9 Å². The molecule has 1 aliphatic heterocycles. The Kier molecular flexibility index (Phi) is 5.38. The first-order valence-electron chi connectivity index (χ1n) is 7.34. The summed E-state index contributed by atoms with van der Waals surface area (Å²) < 4.78 is 10.8. The maximum atomic E-state index is 12.3. The molecule has 1 aromatic rings. The van der Waals surface area contributed by atoms with Gasteiger partial charge in [-0.3, -0.25) is 9.59 Å². The smallest absolute Gasteiger partial charge is 0.251 e. The van der Waals surface area contributed by atoms with E-state index in [2.05, 4.69) is 0 Å². The second-order valence-electron chi connectivity index (χ2n) is 5.48. The number of benzene rings is 1. The number of hydrogen-bond donors (Lipinski definition) is 1. The zero-order valence-corrected chi connectivity index (χ0v) is 13.0. The summed E-state index contributed by atoms with van der Waals surface area (Å²) in [5.41, 5.74) is 6.22. The highest BCUT2D eigenvalue weighted by atomic mass is 16.5. The molecule has 0 aromatic heterocycles. The predicted molar refractivity (Wildman–Crippen MR) is 81.1 cm³/mol. The molecular weight excluding hydrogens is 284 g/mol. The highest BCUT2D eigenvalue weighted by Crippen LogP contribution is 2.18. The molecule has 6 nitrogen and oxygen atoms in total. The van der Waals surface area contributed by atoms with E-state index in [4.69, 9.17) is 15.2 Å². The molecule has 1 saturated heterocycles. The summed E-state index contributed by atoms with van der Waals surface area (Å²) in [4.78, 5) is 25.1. The lowest BCUT2D eigenvalue weighted by Gasteiger charge is -2.21. The fourth-order valence-corrected chi connectivity index (χ4v) is 2.50. The van der Waals surface area contributed by atoms with Crippen LogP contribution in [-0.4, -0.2) is 43.0 Å². The Morgan fingerprint density at radius 1 is 1.45 bits per heavy atom. The lowest BCUT2D eigenvalue weighted by molar-refractivity contribution is -0.142. The van der Waals surface area contributed by atoms with E-state index in [0.29, 0.717) is 26.1 Å². The number of nitrogens with two attached hydrogens (primary N) is 1. The maximum Gasteiger partial charge on any atom is 0.251 e. The van der Waals surface area contributed by atoms with Crippen molar-refractivity contribution in [1.82, 2.24) is 4.90 Å². The molecular formula is C16H22N2O4. The first-order chi connectivity index (χ1) is 10.5. The van der Waals surface area contributed by atoms with Crippen molar-refractivity contribution in [2.45, 2.75) is 26.1 Å². The van der Waals surface area contributed by atoms with E-state index in [1.54, 1.807) is 18.9 Å². The molecule has 2 rings (SSSR count). The van der Waals surface area contributed by atoms with Crippen LogP contribution in [0.15, 0.2) is 24.3 Å². The fraction of sp³-hybridized carbons (Fsp3) is 0.500. The Hall–Kier alpha value is -2.08. The number of methoxy groups -OCH3 is 1. The number of carbonyl (C=O) groups excluding carboxylic acids is 2. The van der Waals surface area contributed by atoms with Crippen molar-refractivity contribution < 1.29 is 19.1 Å². The van der Waals surface area contributed by atoms with Crippen LogP contribution in [0.4, 0.5) is 0 Å². The van der Waals surface area contributed by atoms with Gasteiger partial charge in [0.2, 0.25) is 5.91 Å². The molecule has 2 amide bonds. The number of amides is 2. The normalized spacial score (nSPS) is 19.0. The summed E-state index contributed by atoms with van der Waals surface area (Å²) in [6.45, 7) is 3.00. The number of nitrogens with zero attached hydrogens (tertiary/aromatic N) is 1. The summed E-state index contributed by atoms with van der Waals surface area (Å²) >= 11 is 0. The van der Waals surface area contributed by atoms with Gasteiger partial charge in [-0.2, -0.15) is 0 Å². The zero-order valence-electron chi connectivity index (χ0n) is 13.0. The molecule has 22 heavy (non-hydrogen) atoms. The molecule has 0 bridgehead atoms. The van der Waals surface area contributed by atoms with Crippen LogP contribution in [-0.2, 0) is 20.9 Å². The molecule has 0 saturated carbocycles. The van der Waals surface area contributed by atoms with Gasteiger partial charge in [0.25, 0.3) is 5.91 Å². The maximum absolute atomic E-state index is 12.3. The monoisotopic (exact) mass is 306 g/mol. The topological polar surface area (TPSA) is 81.9 Å². The van der Waals surface area contributed by atoms with E-state index in [1.807, 2.05) is 24.3 Å². The van der Waals surface area contributed by atoms with Gasteiger partial charge < -0.3 is 20.1 Å². The number of ether oxygens (including phenoxy) is 2. The highest BCUT2D eigenvalue weighted by Gasteiger charge is 2.31. The van der Waals surface area contributed by atoms with E-state index in [1.165, 1.54) is 0 Å². The summed E-state index contributed by atoms with van der Waals surface area (Å²) in [7, 11) is 1.61. The quantitative estimate of drug-likeness (QED) is 0.848. The molecule has 0 aliphatic carbocycles. The summed E-state index contributed by atoms with van der Waals surface area (Å²) in [5, 5.41) is 0. The number of hydrogen-bond acceptors (Lipinski definition) is 4. The van der Waals surface area contributed by atoms with Crippen molar-refractivity contribution in [3.63, 3.8) is 0 Å². The molecule has 0 spiro atoms. The Morgan fingerprint density at radius 3 is 2.86 bits per heavy atom. The minimum absolute atomic E-state index is 0.105. The van der Waals surface area contributed by atoms with Crippen LogP contribution in [0.25, 0.3) is 0 Å². The zero-order chi connectivity index (χ0) is 16.1. The third kappa shape index (κ3) is 3.98. The minimum Gasteiger partial charge on any atom is -0.497 e. The Balaban J connectivity index is 1.85. The lowest BCUT2D eigenvalue weighted by atomic mass is 10.1. The largest absolute Gasteiger partial charge is 0.497 e. The number of carbonyl (C=O) groups is 2. The summed E-state index contributed by atoms with van der Waals surface area (Å²) in [5.74, 6) is 0.0605. The van der Waals surface area contributed by atoms with Gasteiger partial charge >= 0.3 is 0 Å². The van der Waals surface area contributed by atoms with Crippen molar-refractivity contribution in [3.05, 3.63) is 29.8 Å². The number of rotatable bonds is 6. The Bertz CT molecular complexity index is 547. The van der Waals surface area contributed by atoms with Gasteiger partial charge in [-0.25, -0.2) is 0 Å². The molecule has 1 heterocycles. The van der Waals surface area contributed by atoms with Crippen LogP contribution in [0.5, 0.6) is 5.75 Å². The highest BCUT2D eigenvalue weighted by molar-refractivity contribution is 5.83. The van der Waals surface area contributed by atoms with Gasteiger partial charge in [-0.1, -0.05) is 12.1 Å². The SMILES string of the molecule is COc1cccc(CO[C@@H](C)C(=O)N2CC[C@H](C(N)=O)C2)c1. The average Bonchev–Trinajstić information content (AvgIpc) is 3.02. The summed E-state index contributed by atoms with van der Waals surface area (Å²) in [6.07, 6.45) is 0.0711. The van der Waals surface area contributed by atoms with Crippen molar-refractivity contribution in [2.75, 3.05) is 20.2 Å². The second kappa shape index (κ2) is 7.26. The molecule has 6 heteroatoms. The van der Waals surface area contributed by atoms with Gasteiger partial charge in [0.15, 0.2) is 0 Å². The molecule has 0 unspecified atom stereocenters. The molecule has 0 radical (unpaired) electrons. The van der Waals surface area contributed by atoms with Crippen LogP contribution in [0, 0.1) is 5.92 Å². The third-order valence-electron chi connectivity index (χ3n) is 3.88. The first kappa shape index (κ1) is 16.3.